The number of aryl methyl sites for hydroxylation is 1. The molecule has 0 fully saturated rings. The number of hydrogen-bond donors (Lipinski definition) is 1. The number of anilines is 1. The molecule has 2 aromatic heterocycles. The number of benzene rings is 2. The summed E-state index contributed by atoms with van der Waals surface area (Å²) in [5.74, 6) is -1.15. The van der Waals surface area contributed by atoms with Crippen LogP contribution in [-0.2, 0) is 0 Å². The quantitative estimate of drug-likeness (QED) is 0.537. The van der Waals surface area contributed by atoms with Gasteiger partial charge in [0.25, 0.3) is 5.91 Å². The Morgan fingerprint density at radius 2 is 1.83 bits per heavy atom. The number of thiophene rings is 1. The average molecular weight is 405 g/mol. The molecule has 0 saturated heterocycles. The van der Waals surface area contributed by atoms with Crippen LogP contribution in [0.2, 0.25) is 0 Å². The van der Waals surface area contributed by atoms with Gasteiger partial charge in [0.2, 0.25) is 5.43 Å². The highest BCUT2D eigenvalue weighted by molar-refractivity contribution is 7.13. The Bertz CT molecular complexity index is 1250. The molecule has 0 spiro atoms. The van der Waals surface area contributed by atoms with Crippen LogP contribution >= 0.6 is 11.3 Å². The highest BCUT2D eigenvalue weighted by atomic mass is 32.1. The van der Waals surface area contributed by atoms with Crippen molar-refractivity contribution in [3.05, 3.63) is 99.5 Å². The molecule has 5 nitrogen and oxygen atoms in total. The summed E-state index contributed by atoms with van der Waals surface area (Å²) in [7, 11) is 0. The Balaban J connectivity index is 1.73. The van der Waals surface area contributed by atoms with Gasteiger partial charge in [0.05, 0.1) is 0 Å². The van der Waals surface area contributed by atoms with Gasteiger partial charge in [-0.1, -0.05) is 36.4 Å². The van der Waals surface area contributed by atoms with Crippen molar-refractivity contribution in [1.82, 2.24) is 9.78 Å². The minimum absolute atomic E-state index is 0.165. The first-order valence-electron chi connectivity index (χ1n) is 8.85. The molecule has 0 aliphatic rings. The predicted molar refractivity (Wildman–Crippen MR) is 112 cm³/mol. The molecular formula is C22H16FN3O2S. The van der Waals surface area contributed by atoms with E-state index in [9.17, 15) is 14.0 Å². The second-order valence-corrected chi connectivity index (χ2v) is 7.29. The van der Waals surface area contributed by atoms with Gasteiger partial charge in [-0.05, 0) is 36.6 Å². The van der Waals surface area contributed by atoms with Crippen LogP contribution in [-0.4, -0.2) is 15.7 Å². The lowest BCUT2D eigenvalue weighted by molar-refractivity contribution is 0.101. The molecule has 0 bridgehead atoms. The molecule has 0 atom stereocenters. The Morgan fingerprint density at radius 1 is 1.07 bits per heavy atom. The molecule has 0 radical (unpaired) electrons. The molecule has 29 heavy (non-hydrogen) atoms. The lowest BCUT2D eigenvalue weighted by Crippen LogP contribution is -2.27. The minimum Gasteiger partial charge on any atom is -0.320 e. The van der Waals surface area contributed by atoms with Crippen molar-refractivity contribution in [3.63, 3.8) is 0 Å². The molecule has 4 aromatic rings. The van der Waals surface area contributed by atoms with Crippen molar-refractivity contribution in [2.75, 3.05) is 5.32 Å². The SMILES string of the molecule is Cc1cc(=O)c(C(=O)Nc2ccccc2-c2cccs2)nn1-c1ccccc1F. The monoisotopic (exact) mass is 405 g/mol. The minimum atomic E-state index is -0.649. The van der Waals surface area contributed by atoms with Crippen molar-refractivity contribution in [2.45, 2.75) is 6.92 Å². The van der Waals surface area contributed by atoms with E-state index in [-0.39, 0.29) is 11.4 Å². The van der Waals surface area contributed by atoms with E-state index in [1.807, 2.05) is 29.6 Å². The number of carbonyl (C=O) groups excluding carboxylic acids is 1. The van der Waals surface area contributed by atoms with Gasteiger partial charge >= 0.3 is 0 Å². The van der Waals surface area contributed by atoms with Crippen molar-refractivity contribution in [1.29, 1.82) is 0 Å². The highest BCUT2D eigenvalue weighted by Crippen LogP contribution is 2.31. The normalized spacial score (nSPS) is 10.7. The Kier molecular flexibility index (Phi) is 5.05. The summed E-state index contributed by atoms with van der Waals surface area (Å²) in [4.78, 5) is 26.3. The van der Waals surface area contributed by atoms with Gasteiger partial charge in [0.1, 0.15) is 11.5 Å². The highest BCUT2D eigenvalue weighted by Gasteiger charge is 2.18. The molecule has 2 aromatic carbocycles. The van der Waals surface area contributed by atoms with E-state index >= 15 is 0 Å². The number of rotatable bonds is 4. The number of nitrogens with zero attached hydrogens (tertiary/aromatic N) is 2. The third kappa shape index (κ3) is 3.72. The fourth-order valence-electron chi connectivity index (χ4n) is 2.99. The fraction of sp³-hybridized carbons (Fsp3) is 0.0455. The van der Waals surface area contributed by atoms with Gasteiger partial charge in [-0.2, -0.15) is 5.10 Å². The predicted octanol–water partition coefficient (Wildman–Crippen LogP) is 4.66. The van der Waals surface area contributed by atoms with E-state index in [4.69, 9.17) is 0 Å². The molecular weight excluding hydrogens is 389 g/mol. The molecule has 0 saturated carbocycles. The zero-order chi connectivity index (χ0) is 20.4. The molecule has 4 rings (SSSR count). The number of carbonyl (C=O) groups is 1. The largest absolute Gasteiger partial charge is 0.320 e. The van der Waals surface area contributed by atoms with E-state index in [0.717, 1.165) is 10.4 Å². The fourth-order valence-corrected chi connectivity index (χ4v) is 3.76. The summed E-state index contributed by atoms with van der Waals surface area (Å²) in [5, 5.41) is 8.86. The second kappa shape index (κ2) is 7.81. The zero-order valence-corrected chi connectivity index (χ0v) is 16.2. The van der Waals surface area contributed by atoms with Gasteiger partial charge in [0, 0.05) is 27.9 Å². The first-order valence-corrected chi connectivity index (χ1v) is 9.72. The number of amides is 1. The molecule has 7 heteroatoms. The van der Waals surface area contributed by atoms with Crippen LogP contribution in [0.5, 0.6) is 0 Å². The Hall–Kier alpha value is -3.58. The Morgan fingerprint density at radius 3 is 2.59 bits per heavy atom. The van der Waals surface area contributed by atoms with Gasteiger partial charge in [0.15, 0.2) is 5.69 Å². The molecule has 1 amide bonds. The maximum atomic E-state index is 14.2. The van der Waals surface area contributed by atoms with Crippen molar-refractivity contribution in [2.24, 2.45) is 0 Å². The number of para-hydroxylation sites is 2. The van der Waals surface area contributed by atoms with E-state index in [0.29, 0.717) is 11.4 Å². The summed E-state index contributed by atoms with van der Waals surface area (Å²) < 4.78 is 15.5. The first kappa shape index (κ1) is 18.8. The molecule has 0 aliphatic heterocycles. The standard InChI is InChI=1S/C22H16FN3O2S/c1-14-13-19(27)21(25-26(14)18-10-5-3-8-16(18)23)22(28)24-17-9-4-2-7-15(17)20-11-6-12-29-20/h2-13H,1H3,(H,24,28). The maximum Gasteiger partial charge on any atom is 0.280 e. The number of aromatic nitrogens is 2. The molecule has 1 N–H and O–H groups in total. The lowest BCUT2D eigenvalue weighted by atomic mass is 10.1. The van der Waals surface area contributed by atoms with Crippen molar-refractivity contribution < 1.29 is 9.18 Å². The molecule has 144 valence electrons. The van der Waals surface area contributed by atoms with E-state index in [1.54, 1.807) is 42.5 Å². The first-order chi connectivity index (χ1) is 14.0. The van der Waals surface area contributed by atoms with Gasteiger partial charge in [-0.25, -0.2) is 9.07 Å². The van der Waals surface area contributed by atoms with Crippen molar-refractivity contribution in [3.8, 4) is 16.1 Å². The number of halogens is 1. The smallest absolute Gasteiger partial charge is 0.280 e. The average Bonchev–Trinajstić information content (AvgIpc) is 3.24. The number of nitrogens with one attached hydrogen (secondary N) is 1. The maximum absolute atomic E-state index is 14.2. The third-order valence-corrected chi connectivity index (χ3v) is 5.27. The van der Waals surface area contributed by atoms with Gasteiger partial charge in [-0.3, -0.25) is 9.59 Å². The van der Waals surface area contributed by atoms with Crippen LogP contribution < -0.4 is 10.7 Å². The molecule has 0 unspecified atom stereocenters. The lowest BCUT2D eigenvalue weighted by Gasteiger charge is -2.13. The van der Waals surface area contributed by atoms with E-state index < -0.39 is 17.2 Å². The molecule has 0 aliphatic carbocycles. The van der Waals surface area contributed by atoms with Gasteiger partial charge in [-0.15, -0.1) is 11.3 Å². The van der Waals surface area contributed by atoms with Crippen molar-refractivity contribution >= 4 is 22.9 Å². The summed E-state index contributed by atoms with van der Waals surface area (Å²) in [6, 6.07) is 18.5. The topological polar surface area (TPSA) is 64.0 Å². The van der Waals surface area contributed by atoms with Crippen LogP contribution in [0.3, 0.4) is 0 Å². The van der Waals surface area contributed by atoms with Crippen LogP contribution in [0.4, 0.5) is 10.1 Å². The van der Waals surface area contributed by atoms with E-state index in [1.165, 1.54) is 22.9 Å². The third-order valence-electron chi connectivity index (χ3n) is 4.37. The Labute approximate surface area is 170 Å². The molecule has 2 heterocycles. The van der Waals surface area contributed by atoms with Crippen LogP contribution in [0.25, 0.3) is 16.1 Å². The van der Waals surface area contributed by atoms with Gasteiger partial charge < -0.3 is 5.32 Å². The summed E-state index contributed by atoms with van der Waals surface area (Å²) in [5.41, 5.74) is 1.17. The van der Waals surface area contributed by atoms with Crippen LogP contribution in [0.1, 0.15) is 16.2 Å². The van der Waals surface area contributed by atoms with Crippen LogP contribution in [0, 0.1) is 12.7 Å². The summed E-state index contributed by atoms with van der Waals surface area (Å²) >= 11 is 1.55. The van der Waals surface area contributed by atoms with Crippen LogP contribution in [0.15, 0.2) is 76.9 Å². The summed E-state index contributed by atoms with van der Waals surface area (Å²) in [6.45, 7) is 1.63. The summed E-state index contributed by atoms with van der Waals surface area (Å²) in [6.07, 6.45) is 0. The zero-order valence-electron chi connectivity index (χ0n) is 15.4. The van der Waals surface area contributed by atoms with E-state index in [2.05, 4.69) is 10.4 Å². The number of hydrogen-bond acceptors (Lipinski definition) is 4. The second-order valence-electron chi connectivity index (χ2n) is 6.34.